The Kier molecular flexibility index (Phi) is 5.91. The average molecular weight is 257 g/mol. The second-order valence-electron chi connectivity index (χ2n) is 3.71. The molecule has 17 heavy (non-hydrogen) atoms. The van der Waals surface area contributed by atoms with E-state index in [1.54, 1.807) is 0 Å². The minimum Gasteiger partial charge on any atom is -0.373 e. The van der Waals surface area contributed by atoms with Crippen LogP contribution in [0.25, 0.3) is 0 Å². The van der Waals surface area contributed by atoms with Gasteiger partial charge in [-0.25, -0.2) is 0 Å². The molecule has 4 nitrogen and oxygen atoms in total. The Morgan fingerprint density at radius 2 is 1.35 bits per heavy atom. The molecule has 0 aliphatic heterocycles. The smallest absolute Gasteiger partial charge is 0.373 e. The molecule has 0 saturated heterocycles. The predicted molar refractivity (Wildman–Crippen MR) is 69.8 cm³/mol. The topological polar surface area (TPSA) is 32.6 Å². The van der Waals surface area contributed by atoms with E-state index in [2.05, 4.69) is 11.5 Å². The van der Waals surface area contributed by atoms with Crippen LogP contribution in [-0.4, -0.2) is 33.2 Å². The lowest BCUT2D eigenvalue weighted by molar-refractivity contribution is 0.0558. The molecule has 0 saturated carbocycles. The maximum Gasteiger partial charge on any atom is 0.524 e. The fraction of sp³-hybridized carbons (Fsp3) is 0.667. The quantitative estimate of drug-likeness (QED) is 0.671. The SMILES string of the molecule is CCO[Si](OCC)(OCC)C(C)n1cccc1. The van der Waals surface area contributed by atoms with Gasteiger partial charge in [0.15, 0.2) is 0 Å². The van der Waals surface area contributed by atoms with Crippen LogP contribution in [-0.2, 0) is 13.3 Å². The summed E-state index contributed by atoms with van der Waals surface area (Å²) in [7, 11) is -2.64. The monoisotopic (exact) mass is 257 g/mol. The number of hydrogen-bond acceptors (Lipinski definition) is 3. The molecule has 1 aromatic heterocycles. The molecule has 1 heterocycles. The van der Waals surface area contributed by atoms with Crippen molar-refractivity contribution in [3.05, 3.63) is 24.5 Å². The highest BCUT2D eigenvalue weighted by atomic mass is 28.4. The van der Waals surface area contributed by atoms with Crippen LogP contribution >= 0.6 is 0 Å². The Morgan fingerprint density at radius 3 is 1.71 bits per heavy atom. The highest BCUT2D eigenvalue weighted by Crippen LogP contribution is 2.25. The minimum atomic E-state index is -2.64. The van der Waals surface area contributed by atoms with Crippen molar-refractivity contribution >= 4 is 8.80 Å². The molecular formula is C12H23NO3Si. The maximum atomic E-state index is 5.87. The molecule has 0 spiro atoms. The molecular weight excluding hydrogens is 234 g/mol. The highest BCUT2D eigenvalue weighted by Gasteiger charge is 2.47. The first-order valence-electron chi connectivity index (χ1n) is 6.24. The fourth-order valence-electron chi connectivity index (χ4n) is 1.88. The molecule has 0 aliphatic carbocycles. The van der Waals surface area contributed by atoms with Gasteiger partial charge in [-0.15, -0.1) is 0 Å². The van der Waals surface area contributed by atoms with Gasteiger partial charge in [0.1, 0.15) is 5.67 Å². The lowest BCUT2D eigenvalue weighted by atomic mass is 10.7. The van der Waals surface area contributed by atoms with E-state index < -0.39 is 8.80 Å². The Bertz CT molecular complexity index is 286. The number of aromatic nitrogens is 1. The van der Waals surface area contributed by atoms with Crippen molar-refractivity contribution in [2.75, 3.05) is 19.8 Å². The maximum absolute atomic E-state index is 5.87. The van der Waals surface area contributed by atoms with Crippen LogP contribution in [0.2, 0.25) is 0 Å². The van der Waals surface area contributed by atoms with E-state index in [-0.39, 0.29) is 5.67 Å². The lowest BCUT2D eigenvalue weighted by Gasteiger charge is -2.34. The normalized spacial score (nSPS) is 13.9. The summed E-state index contributed by atoms with van der Waals surface area (Å²) >= 11 is 0. The Labute approximate surface area is 105 Å². The van der Waals surface area contributed by atoms with E-state index in [1.807, 2.05) is 45.3 Å². The van der Waals surface area contributed by atoms with E-state index >= 15 is 0 Å². The Morgan fingerprint density at radius 1 is 0.941 bits per heavy atom. The first kappa shape index (κ1) is 14.4. The van der Waals surface area contributed by atoms with Gasteiger partial charge in [0, 0.05) is 32.2 Å². The van der Waals surface area contributed by atoms with Gasteiger partial charge in [0.2, 0.25) is 0 Å². The third kappa shape index (κ3) is 3.42. The predicted octanol–water partition coefficient (Wildman–Crippen LogP) is 2.64. The van der Waals surface area contributed by atoms with Crippen LogP contribution in [0, 0.1) is 0 Å². The van der Waals surface area contributed by atoms with E-state index in [0.717, 1.165) is 0 Å². The van der Waals surface area contributed by atoms with Crippen LogP contribution in [0.1, 0.15) is 33.4 Å². The third-order valence-electron chi connectivity index (χ3n) is 2.62. The van der Waals surface area contributed by atoms with Crippen LogP contribution in [0.3, 0.4) is 0 Å². The summed E-state index contributed by atoms with van der Waals surface area (Å²) in [6.07, 6.45) is 4.03. The van der Waals surface area contributed by atoms with Gasteiger partial charge in [-0.05, 0) is 39.8 Å². The van der Waals surface area contributed by atoms with Crippen molar-refractivity contribution in [1.82, 2.24) is 4.57 Å². The van der Waals surface area contributed by atoms with Gasteiger partial charge >= 0.3 is 8.80 Å². The van der Waals surface area contributed by atoms with Gasteiger partial charge in [0.05, 0.1) is 0 Å². The van der Waals surface area contributed by atoms with Gasteiger partial charge < -0.3 is 17.8 Å². The molecule has 0 amide bonds. The van der Waals surface area contributed by atoms with Crippen LogP contribution < -0.4 is 0 Å². The molecule has 5 heteroatoms. The molecule has 0 bridgehead atoms. The second-order valence-corrected chi connectivity index (χ2v) is 6.62. The van der Waals surface area contributed by atoms with Crippen molar-refractivity contribution in [2.24, 2.45) is 0 Å². The Balaban J connectivity index is 2.93. The number of rotatable bonds is 8. The van der Waals surface area contributed by atoms with Gasteiger partial charge in [0.25, 0.3) is 0 Å². The molecule has 0 aromatic carbocycles. The molecule has 1 rings (SSSR count). The standard InChI is InChI=1S/C12H23NO3Si/c1-5-14-17(15-6-2,16-7-3)12(4)13-10-8-9-11-13/h8-12H,5-7H2,1-4H3. The third-order valence-corrected chi connectivity index (χ3v) is 6.02. The molecule has 1 unspecified atom stereocenters. The first-order valence-corrected chi connectivity index (χ1v) is 8.04. The molecule has 1 atom stereocenters. The summed E-state index contributed by atoms with van der Waals surface area (Å²) in [5.41, 5.74) is 0.0948. The molecule has 0 N–H and O–H groups in total. The summed E-state index contributed by atoms with van der Waals surface area (Å²) in [6, 6.07) is 4.00. The Hall–Kier alpha value is -0.623. The zero-order valence-corrected chi connectivity index (χ0v) is 12.2. The van der Waals surface area contributed by atoms with E-state index in [0.29, 0.717) is 19.8 Å². The summed E-state index contributed by atoms with van der Waals surface area (Å²) < 4.78 is 19.7. The number of nitrogens with zero attached hydrogens (tertiary/aromatic N) is 1. The average Bonchev–Trinajstić information content (AvgIpc) is 2.82. The largest absolute Gasteiger partial charge is 0.524 e. The summed E-state index contributed by atoms with van der Waals surface area (Å²) in [5.74, 6) is 0. The van der Waals surface area contributed by atoms with Crippen LogP contribution in [0.4, 0.5) is 0 Å². The van der Waals surface area contributed by atoms with Crippen LogP contribution in [0.5, 0.6) is 0 Å². The van der Waals surface area contributed by atoms with E-state index in [9.17, 15) is 0 Å². The second kappa shape index (κ2) is 6.96. The number of hydrogen-bond donors (Lipinski definition) is 0. The molecule has 0 fully saturated rings. The summed E-state index contributed by atoms with van der Waals surface area (Å²) in [4.78, 5) is 0. The van der Waals surface area contributed by atoms with Crippen LogP contribution in [0.15, 0.2) is 24.5 Å². The molecule has 0 aliphatic rings. The van der Waals surface area contributed by atoms with Crippen molar-refractivity contribution in [1.29, 1.82) is 0 Å². The minimum absolute atomic E-state index is 0.0948. The fourth-order valence-corrected chi connectivity index (χ4v) is 4.60. The molecule has 1 aromatic rings. The van der Waals surface area contributed by atoms with Crippen molar-refractivity contribution in [2.45, 2.75) is 33.4 Å². The lowest BCUT2D eigenvalue weighted by Crippen LogP contribution is -2.52. The highest BCUT2D eigenvalue weighted by molar-refractivity contribution is 6.61. The zero-order valence-electron chi connectivity index (χ0n) is 11.2. The summed E-state index contributed by atoms with van der Waals surface area (Å²) in [5, 5.41) is 0. The van der Waals surface area contributed by atoms with Crippen molar-refractivity contribution in [3.63, 3.8) is 0 Å². The molecule has 0 radical (unpaired) electrons. The molecule has 98 valence electrons. The van der Waals surface area contributed by atoms with E-state index in [4.69, 9.17) is 13.3 Å². The van der Waals surface area contributed by atoms with Crippen molar-refractivity contribution < 1.29 is 13.3 Å². The van der Waals surface area contributed by atoms with E-state index in [1.165, 1.54) is 0 Å². The van der Waals surface area contributed by atoms with Crippen molar-refractivity contribution in [3.8, 4) is 0 Å². The summed E-state index contributed by atoms with van der Waals surface area (Å²) in [6.45, 7) is 9.84. The van der Waals surface area contributed by atoms with Gasteiger partial charge in [-0.1, -0.05) is 0 Å². The van der Waals surface area contributed by atoms with Gasteiger partial charge in [-0.2, -0.15) is 0 Å². The zero-order chi connectivity index (χ0) is 12.7. The van der Waals surface area contributed by atoms with Gasteiger partial charge in [-0.3, -0.25) is 0 Å². The first-order chi connectivity index (χ1) is 8.20.